The number of ether oxygens (including phenoxy) is 1. The summed E-state index contributed by atoms with van der Waals surface area (Å²) >= 11 is 0. The summed E-state index contributed by atoms with van der Waals surface area (Å²) in [5, 5.41) is 3.74. The Morgan fingerprint density at radius 2 is 1.69 bits per heavy atom. The van der Waals surface area contributed by atoms with Crippen LogP contribution < -0.4 is 5.32 Å². The average Bonchev–Trinajstić information content (AvgIpc) is 3.19. The summed E-state index contributed by atoms with van der Waals surface area (Å²) in [4.78, 5) is 12.3. The highest BCUT2D eigenvalue weighted by Gasteiger charge is 2.40. The Morgan fingerprint density at radius 1 is 1.04 bits per heavy atom. The monoisotopic (exact) mass is 365 g/mol. The number of guanidine groups is 1. The zero-order chi connectivity index (χ0) is 18.4. The standard InChI is InChI=1S/C20H39N5O/c1-18(2)16-23-10-12-24(13-11-23)19(21-3)22-17-20(6-14-26-15-7-20)25-8-4-5-9-25/h18H,4-17H2,1-3H3,(H,21,22). The Morgan fingerprint density at radius 3 is 2.27 bits per heavy atom. The van der Waals surface area contributed by atoms with Crippen LogP contribution in [0.15, 0.2) is 4.99 Å². The van der Waals surface area contributed by atoms with Crippen LogP contribution in [0, 0.1) is 5.92 Å². The highest BCUT2D eigenvalue weighted by molar-refractivity contribution is 5.80. The van der Waals surface area contributed by atoms with Crippen LogP contribution >= 0.6 is 0 Å². The first-order valence-corrected chi connectivity index (χ1v) is 10.6. The zero-order valence-electron chi connectivity index (χ0n) is 17.2. The molecule has 0 bridgehead atoms. The minimum Gasteiger partial charge on any atom is -0.381 e. The van der Waals surface area contributed by atoms with Crippen molar-refractivity contribution in [1.82, 2.24) is 20.0 Å². The van der Waals surface area contributed by atoms with Crippen molar-refractivity contribution in [3.05, 3.63) is 0 Å². The minimum absolute atomic E-state index is 0.254. The van der Waals surface area contributed by atoms with E-state index in [0.717, 1.165) is 70.7 Å². The molecule has 0 aromatic carbocycles. The summed E-state index contributed by atoms with van der Waals surface area (Å²) in [6.45, 7) is 15.5. The van der Waals surface area contributed by atoms with Gasteiger partial charge < -0.3 is 15.0 Å². The van der Waals surface area contributed by atoms with E-state index in [-0.39, 0.29) is 5.54 Å². The Kier molecular flexibility index (Phi) is 7.18. The number of aliphatic imine (C=N–C) groups is 1. The largest absolute Gasteiger partial charge is 0.381 e. The van der Waals surface area contributed by atoms with Crippen molar-refractivity contribution in [3.8, 4) is 0 Å². The second-order valence-electron chi connectivity index (χ2n) is 8.61. The number of nitrogens with zero attached hydrogens (tertiary/aromatic N) is 4. The van der Waals surface area contributed by atoms with Crippen LogP contribution in [-0.4, -0.2) is 98.8 Å². The van der Waals surface area contributed by atoms with E-state index in [1.807, 2.05) is 7.05 Å². The summed E-state index contributed by atoms with van der Waals surface area (Å²) in [5.41, 5.74) is 0.254. The predicted molar refractivity (Wildman–Crippen MR) is 108 cm³/mol. The topological polar surface area (TPSA) is 43.3 Å². The second kappa shape index (κ2) is 9.38. The number of rotatable bonds is 5. The number of piperazine rings is 1. The summed E-state index contributed by atoms with van der Waals surface area (Å²) < 4.78 is 5.68. The fraction of sp³-hybridized carbons (Fsp3) is 0.950. The van der Waals surface area contributed by atoms with E-state index in [2.05, 4.69) is 38.9 Å². The fourth-order valence-corrected chi connectivity index (χ4v) is 4.78. The van der Waals surface area contributed by atoms with Crippen molar-refractivity contribution < 1.29 is 4.74 Å². The van der Waals surface area contributed by atoms with Gasteiger partial charge in [0.1, 0.15) is 0 Å². The highest BCUT2D eigenvalue weighted by Crippen LogP contribution is 2.30. The molecule has 0 aromatic rings. The molecule has 3 saturated heterocycles. The van der Waals surface area contributed by atoms with Gasteiger partial charge in [0.2, 0.25) is 0 Å². The van der Waals surface area contributed by atoms with E-state index in [9.17, 15) is 0 Å². The van der Waals surface area contributed by atoms with Crippen LogP contribution in [0.25, 0.3) is 0 Å². The van der Waals surface area contributed by atoms with Gasteiger partial charge in [-0.1, -0.05) is 13.8 Å². The highest BCUT2D eigenvalue weighted by atomic mass is 16.5. The van der Waals surface area contributed by atoms with Gasteiger partial charge in [0, 0.05) is 65.1 Å². The Hall–Kier alpha value is -0.850. The van der Waals surface area contributed by atoms with E-state index in [1.54, 1.807) is 0 Å². The van der Waals surface area contributed by atoms with Gasteiger partial charge in [-0.2, -0.15) is 0 Å². The van der Waals surface area contributed by atoms with Crippen molar-refractivity contribution in [2.24, 2.45) is 10.9 Å². The number of nitrogens with one attached hydrogen (secondary N) is 1. The van der Waals surface area contributed by atoms with E-state index >= 15 is 0 Å². The summed E-state index contributed by atoms with van der Waals surface area (Å²) in [6.07, 6.45) is 4.96. The molecule has 3 aliphatic heterocycles. The maximum atomic E-state index is 5.68. The molecular weight excluding hydrogens is 326 g/mol. The summed E-state index contributed by atoms with van der Waals surface area (Å²) in [5.74, 6) is 1.83. The Bertz CT molecular complexity index is 447. The van der Waals surface area contributed by atoms with Crippen molar-refractivity contribution in [2.45, 2.75) is 45.1 Å². The lowest BCUT2D eigenvalue weighted by Gasteiger charge is -2.45. The normalized spacial score (nSPS) is 25.8. The van der Waals surface area contributed by atoms with Gasteiger partial charge in [0.25, 0.3) is 0 Å². The number of likely N-dealkylation sites (tertiary alicyclic amines) is 1. The lowest BCUT2D eigenvalue weighted by Crippen LogP contribution is -2.60. The predicted octanol–water partition coefficient (Wildman–Crippen LogP) is 1.48. The molecule has 3 fully saturated rings. The minimum atomic E-state index is 0.254. The molecule has 150 valence electrons. The van der Waals surface area contributed by atoms with Crippen molar-refractivity contribution >= 4 is 5.96 Å². The van der Waals surface area contributed by atoms with Gasteiger partial charge in [0.05, 0.1) is 0 Å². The third-order valence-electron chi connectivity index (χ3n) is 6.28. The molecule has 0 saturated carbocycles. The molecule has 0 radical (unpaired) electrons. The third kappa shape index (κ3) is 4.90. The molecule has 6 nitrogen and oxygen atoms in total. The van der Waals surface area contributed by atoms with Crippen LogP contribution in [-0.2, 0) is 4.74 Å². The van der Waals surface area contributed by atoms with Gasteiger partial charge in [-0.05, 0) is 44.7 Å². The molecule has 3 aliphatic rings. The molecule has 3 heterocycles. The van der Waals surface area contributed by atoms with Gasteiger partial charge in [0.15, 0.2) is 5.96 Å². The Labute approximate surface area is 159 Å². The van der Waals surface area contributed by atoms with Crippen LogP contribution in [0.5, 0.6) is 0 Å². The molecule has 0 spiro atoms. The first-order chi connectivity index (χ1) is 12.6. The lowest BCUT2D eigenvalue weighted by atomic mass is 9.88. The van der Waals surface area contributed by atoms with Gasteiger partial charge in [-0.25, -0.2) is 0 Å². The maximum absolute atomic E-state index is 5.68. The smallest absolute Gasteiger partial charge is 0.193 e. The van der Waals surface area contributed by atoms with E-state index < -0.39 is 0 Å². The maximum Gasteiger partial charge on any atom is 0.193 e. The van der Waals surface area contributed by atoms with Crippen LogP contribution in [0.4, 0.5) is 0 Å². The molecule has 0 aliphatic carbocycles. The molecule has 0 amide bonds. The Balaban J connectivity index is 1.54. The van der Waals surface area contributed by atoms with Crippen LogP contribution in [0.1, 0.15) is 39.5 Å². The molecular formula is C20H39N5O. The zero-order valence-corrected chi connectivity index (χ0v) is 17.2. The van der Waals surface area contributed by atoms with Crippen molar-refractivity contribution in [1.29, 1.82) is 0 Å². The molecule has 0 atom stereocenters. The third-order valence-corrected chi connectivity index (χ3v) is 6.28. The first-order valence-electron chi connectivity index (χ1n) is 10.6. The quantitative estimate of drug-likeness (QED) is 0.591. The van der Waals surface area contributed by atoms with Crippen LogP contribution in [0.3, 0.4) is 0 Å². The van der Waals surface area contributed by atoms with Gasteiger partial charge in [-0.15, -0.1) is 0 Å². The number of hydrogen-bond donors (Lipinski definition) is 1. The van der Waals surface area contributed by atoms with Crippen molar-refractivity contribution in [2.75, 3.05) is 72.6 Å². The SMILES string of the molecule is CN=C(NCC1(N2CCCC2)CCOCC1)N1CCN(CC(C)C)CC1. The van der Waals surface area contributed by atoms with Gasteiger partial charge >= 0.3 is 0 Å². The van der Waals surface area contributed by atoms with E-state index in [4.69, 9.17) is 4.74 Å². The summed E-state index contributed by atoms with van der Waals surface area (Å²) in [7, 11) is 1.93. The first kappa shape index (κ1) is 19.9. The molecule has 6 heteroatoms. The molecule has 0 unspecified atom stereocenters. The van der Waals surface area contributed by atoms with Gasteiger partial charge in [-0.3, -0.25) is 14.8 Å². The molecule has 0 aromatic heterocycles. The lowest BCUT2D eigenvalue weighted by molar-refractivity contribution is -0.0167. The molecule has 26 heavy (non-hydrogen) atoms. The molecule has 3 rings (SSSR count). The van der Waals surface area contributed by atoms with Crippen LogP contribution in [0.2, 0.25) is 0 Å². The van der Waals surface area contributed by atoms with E-state index in [1.165, 1.54) is 32.5 Å². The average molecular weight is 366 g/mol. The van der Waals surface area contributed by atoms with Crippen molar-refractivity contribution in [3.63, 3.8) is 0 Å². The summed E-state index contributed by atoms with van der Waals surface area (Å²) in [6, 6.07) is 0. The fourth-order valence-electron chi connectivity index (χ4n) is 4.78. The number of hydrogen-bond acceptors (Lipinski definition) is 4. The van der Waals surface area contributed by atoms with E-state index in [0.29, 0.717) is 0 Å². The second-order valence-corrected chi connectivity index (χ2v) is 8.61. The molecule has 1 N–H and O–H groups in total.